The van der Waals surface area contributed by atoms with Crippen LogP contribution >= 0.6 is 0 Å². The zero-order valence-corrected chi connectivity index (χ0v) is 11.2. The molecule has 1 saturated heterocycles. The summed E-state index contributed by atoms with van der Waals surface area (Å²) in [6.07, 6.45) is 1.88. The van der Waals surface area contributed by atoms with Crippen LogP contribution < -0.4 is 4.74 Å². The van der Waals surface area contributed by atoms with E-state index < -0.39 is 4.92 Å². The molecule has 1 aromatic carbocycles. The Balaban J connectivity index is 1.62. The minimum atomic E-state index is -0.461. The van der Waals surface area contributed by atoms with E-state index in [9.17, 15) is 10.1 Å². The number of nitro benzene ring substituents is 1. The Kier molecular flexibility index (Phi) is 3.78. The quantitative estimate of drug-likeness (QED) is 0.668. The minimum absolute atomic E-state index is 0.00915. The molecule has 1 fully saturated rings. The molecule has 8 heteroatoms. The van der Waals surface area contributed by atoms with E-state index in [1.54, 1.807) is 12.1 Å². The van der Waals surface area contributed by atoms with Gasteiger partial charge in [-0.15, -0.1) is 0 Å². The molecule has 1 aliphatic rings. The molecule has 1 atom stereocenters. The molecule has 3 rings (SSSR count). The molecule has 1 N–H and O–H groups in total. The normalized spacial score (nSPS) is 17.8. The van der Waals surface area contributed by atoms with Crippen LogP contribution in [-0.4, -0.2) is 26.7 Å². The van der Waals surface area contributed by atoms with Gasteiger partial charge in [-0.2, -0.15) is 5.10 Å². The van der Waals surface area contributed by atoms with Gasteiger partial charge in [0.2, 0.25) is 0 Å². The number of hydrogen-bond acceptors (Lipinski definition) is 6. The molecule has 2 heterocycles. The van der Waals surface area contributed by atoms with Gasteiger partial charge in [-0.05, 0) is 18.9 Å². The first-order valence-electron chi connectivity index (χ1n) is 6.62. The van der Waals surface area contributed by atoms with Crippen LogP contribution in [0.2, 0.25) is 0 Å². The lowest BCUT2D eigenvalue weighted by molar-refractivity contribution is -0.384. The van der Waals surface area contributed by atoms with Gasteiger partial charge in [-0.25, -0.2) is 4.98 Å². The third-order valence-electron chi connectivity index (χ3n) is 3.17. The van der Waals surface area contributed by atoms with Gasteiger partial charge in [-0.1, -0.05) is 6.07 Å². The fourth-order valence-corrected chi connectivity index (χ4v) is 2.14. The highest BCUT2D eigenvalue weighted by molar-refractivity contribution is 5.37. The zero-order chi connectivity index (χ0) is 14.7. The van der Waals surface area contributed by atoms with Crippen LogP contribution in [0.25, 0.3) is 0 Å². The molecule has 0 radical (unpaired) electrons. The Morgan fingerprint density at radius 1 is 1.52 bits per heavy atom. The van der Waals surface area contributed by atoms with Gasteiger partial charge in [0.1, 0.15) is 18.5 Å². The molecule has 0 spiro atoms. The van der Waals surface area contributed by atoms with E-state index in [0.29, 0.717) is 17.4 Å². The van der Waals surface area contributed by atoms with Gasteiger partial charge in [0.15, 0.2) is 11.6 Å². The van der Waals surface area contributed by atoms with Crippen molar-refractivity contribution in [3.05, 3.63) is 46.0 Å². The second-order valence-electron chi connectivity index (χ2n) is 4.69. The van der Waals surface area contributed by atoms with Crippen LogP contribution in [0.3, 0.4) is 0 Å². The molecule has 0 saturated carbocycles. The Morgan fingerprint density at radius 3 is 3.19 bits per heavy atom. The predicted molar refractivity (Wildman–Crippen MR) is 71.7 cm³/mol. The average molecular weight is 290 g/mol. The maximum Gasteiger partial charge on any atom is 0.273 e. The van der Waals surface area contributed by atoms with Gasteiger partial charge < -0.3 is 9.47 Å². The number of nitrogens with zero attached hydrogens (tertiary/aromatic N) is 3. The van der Waals surface area contributed by atoms with Crippen molar-refractivity contribution in [1.29, 1.82) is 0 Å². The molecule has 8 nitrogen and oxygen atoms in total. The van der Waals surface area contributed by atoms with Gasteiger partial charge in [0, 0.05) is 12.7 Å². The number of rotatable bonds is 5. The largest absolute Gasteiger partial charge is 0.485 e. The van der Waals surface area contributed by atoms with Crippen LogP contribution in [0.15, 0.2) is 24.3 Å². The van der Waals surface area contributed by atoms with Gasteiger partial charge >= 0.3 is 0 Å². The molecule has 1 aliphatic heterocycles. The molecule has 21 heavy (non-hydrogen) atoms. The summed E-state index contributed by atoms with van der Waals surface area (Å²) in [7, 11) is 0. The van der Waals surface area contributed by atoms with Gasteiger partial charge in [0.25, 0.3) is 5.69 Å². The SMILES string of the molecule is O=[N+]([O-])c1cccc(OCc2nc(C3CCCO3)n[nH]2)c1. The molecule has 0 bridgehead atoms. The van der Waals surface area contributed by atoms with Crippen molar-refractivity contribution in [3.63, 3.8) is 0 Å². The lowest BCUT2D eigenvalue weighted by Crippen LogP contribution is -2.00. The molecule has 1 aromatic heterocycles. The minimum Gasteiger partial charge on any atom is -0.485 e. The maximum atomic E-state index is 10.7. The number of H-pyrrole nitrogens is 1. The topological polar surface area (TPSA) is 103 Å². The summed E-state index contributed by atoms with van der Waals surface area (Å²) >= 11 is 0. The number of benzene rings is 1. The van der Waals surface area contributed by atoms with Crippen molar-refractivity contribution in [2.45, 2.75) is 25.6 Å². The first kappa shape index (κ1) is 13.5. The summed E-state index contributed by atoms with van der Waals surface area (Å²) in [6, 6.07) is 6.02. The molecular weight excluding hydrogens is 276 g/mol. The third kappa shape index (κ3) is 3.16. The van der Waals surface area contributed by atoms with Gasteiger partial charge in [0.05, 0.1) is 11.0 Å². The van der Waals surface area contributed by atoms with E-state index in [1.807, 2.05) is 0 Å². The van der Waals surface area contributed by atoms with E-state index in [2.05, 4.69) is 15.2 Å². The molecule has 2 aromatic rings. The third-order valence-corrected chi connectivity index (χ3v) is 3.17. The van der Waals surface area contributed by atoms with Crippen molar-refractivity contribution in [2.75, 3.05) is 6.61 Å². The van der Waals surface area contributed by atoms with Crippen LogP contribution in [0.1, 0.15) is 30.6 Å². The predicted octanol–water partition coefficient (Wildman–Crippen LogP) is 2.14. The molecular formula is C13H14N4O4. The lowest BCUT2D eigenvalue weighted by atomic mass is 10.2. The fraction of sp³-hybridized carbons (Fsp3) is 0.385. The number of non-ortho nitro benzene ring substituents is 1. The highest BCUT2D eigenvalue weighted by Crippen LogP contribution is 2.25. The fourth-order valence-electron chi connectivity index (χ4n) is 2.14. The number of nitro groups is 1. The smallest absolute Gasteiger partial charge is 0.273 e. The van der Waals surface area contributed by atoms with E-state index in [4.69, 9.17) is 9.47 Å². The highest BCUT2D eigenvalue weighted by atomic mass is 16.6. The monoisotopic (exact) mass is 290 g/mol. The summed E-state index contributed by atoms with van der Waals surface area (Å²) in [5, 5.41) is 17.6. The molecule has 0 aliphatic carbocycles. The molecule has 110 valence electrons. The van der Waals surface area contributed by atoms with E-state index in [0.717, 1.165) is 19.4 Å². The van der Waals surface area contributed by atoms with Crippen molar-refractivity contribution in [2.24, 2.45) is 0 Å². The van der Waals surface area contributed by atoms with Crippen molar-refractivity contribution >= 4 is 5.69 Å². The zero-order valence-electron chi connectivity index (χ0n) is 11.2. The molecule has 1 unspecified atom stereocenters. The standard InChI is InChI=1S/C13H14N4O4/c18-17(19)9-3-1-4-10(7-9)21-8-12-14-13(16-15-12)11-5-2-6-20-11/h1,3-4,7,11H,2,5-6,8H2,(H,14,15,16). The van der Waals surface area contributed by atoms with Crippen LogP contribution in [-0.2, 0) is 11.3 Å². The second-order valence-corrected chi connectivity index (χ2v) is 4.69. The number of ether oxygens (including phenoxy) is 2. The molecule has 0 amide bonds. The Morgan fingerprint density at radius 2 is 2.43 bits per heavy atom. The number of hydrogen-bond donors (Lipinski definition) is 1. The first-order valence-corrected chi connectivity index (χ1v) is 6.62. The Bertz CT molecular complexity index is 637. The Hall–Kier alpha value is -2.48. The number of aromatic nitrogens is 3. The first-order chi connectivity index (χ1) is 10.2. The average Bonchev–Trinajstić information content (AvgIpc) is 3.16. The summed E-state index contributed by atoms with van der Waals surface area (Å²) in [6.45, 7) is 0.902. The van der Waals surface area contributed by atoms with Crippen LogP contribution in [0.4, 0.5) is 5.69 Å². The van der Waals surface area contributed by atoms with Crippen LogP contribution in [0, 0.1) is 10.1 Å². The van der Waals surface area contributed by atoms with Crippen molar-refractivity contribution in [1.82, 2.24) is 15.2 Å². The van der Waals surface area contributed by atoms with E-state index in [1.165, 1.54) is 12.1 Å². The van der Waals surface area contributed by atoms with Gasteiger partial charge in [-0.3, -0.25) is 15.2 Å². The maximum absolute atomic E-state index is 10.7. The van der Waals surface area contributed by atoms with E-state index >= 15 is 0 Å². The van der Waals surface area contributed by atoms with Crippen molar-refractivity contribution < 1.29 is 14.4 Å². The van der Waals surface area contributed by atoms with Crippen LogP contribution in [0.5, 0.6) is 5.75 Å². The number of nitrogens with one attached hydrogen (secondary N) is 1. The summed E-state index contributed by atoms with van der Waals surface area (Å²) in [4.78, 5) is 14.5. The summed E-state index contributed by atoms with van der Waals surface area (Å²) in [5.74, 6) is 1.61. The lowest BCUT2D eigenvalue weighted by Gasteiger charge is -2.03. The number of aromatic amines is 1. The highest BCUT2D eigenvalue weighted by Gasteiger charge is 2.22. The second kappa shape index (κ2) is 5.88. The van der Waals surface area contributed by atoms with Crippen molar-refractivity contribution in [3.8, 4) is 5.75 Å². The summed E-state index contributed by atoms with van der Waals surface area (Å²) in [5.41, 5.74) is -0.00915. The summed E-state index contributed by atoms with van der Waals surface area (Å²) < 4.78 is 11.0. The Labute approximate surface area is 120 Å². The van der Waals surface area contributed by atoms with E-state index in [-0.39, 0.29) is 18.4 Å².